The third-order valence-electron chi connectivity index (χ3n) is 3.00. The Bertz CT molecular complexity index is 777. The summed E-state index contributed by atoms with van der Waals surface area (Å²) < 4.78 is 0. The number of thioether (sulfide) groups is 1. The summed E-state index contributed by atoms with van der Waals surface area (Å²) in [5.74, 6) is 0.807. The van der Waals surface area contributed by atoms with E-state index in [1.807, 2.05) is 24.3 Å². The van der Waals surface area contributed by atoms with Gasteiger partial charge in [0, 0.05) is 10.6 Å². The molecule has 0 aliphatic carbocycles. The van der Waals surface area contributed by atoms with Gasteiger partial charge in [-0.05, 0) is 18.1 Å². The Morgan fingerprint density at radius 1 is 1.30 bits per heavy atom. The second kappa shape index (κ2) is 5.81. The molecular weight excluding hydrogens is 288 g/mol. The van der Waals surface area contributed by atoms with E-state index in [2.05, 4.69) is 29.0 Å². The van der Waals surface area contributed by atoms with Gasteiger partial charge in [0.2, 0.25) is 0 Å². The molecule has 102 valence electrons. The van der Waals surface area contributed by atoms with Crippen LogP contribution in [-0.2, 0) is 12.2 Å². The first-order valence-electron chi connectivity index (χ1n) is 6.45. The summed E-state index contributed by atoms with van der Waals surface area (Å²) in [7, 11) is 0. The van der Waals surface area contributed by atoms with Gasteiger partial charge in [-0.25, -0.2) is 4.98 Å². The molecule has 0 bridgehead atoms. The Kier molecular flexibility index (Phi) is 3.89. The Balaban J connectivity index is 1.87. The van der Waals surface area contributed by atoms with Gasteiger partial charge >= 0.3 is 0 Å². The average Bonchev–Trinajstić information content (AvgIpc) is 2.90. The lowest BCUT2D eigenvalue weighted by atomic mass is 10.2. The molecule has 0 aliphatic heterocycles. The van der Waals surface area contributed by atoms with Crippen LogP contribution < -0.4 is 5.56 Å². The molecule has 3 nitrogen and oxygen atoms in total. The molecule has 1 N–H and O–H groups in total. The molecular formula is C15H14N2OS2. The van der Waals surface area contributed by atoms with Gasteiger partial charge in [0.1, 0.15) is 4.83 Å². The number of benzene rings is 1. The van der Waals surface area contributed by atoms with Crippen LogP contribution in [0.3, 0.4) is 0 Å². The number of rotatable bonds is 4. The van der Waals surface area contributed by atoms with Crippen molar-refractivity contribution >= 4 is 33.3 Å². The molecule has 3 aromatic rings. The van der Waals surface area contributed by atoms with E-state index in [1.165, 1.54) is 10.4 Å². The number of nitrogens with one attached hydrogen (secondary N) is 1. The first-order valence-corrected chi connectivity index (χ1v) is 8.26. The van der Waals surface area contributed by atoms with Crippen LogP contribution in [0.2, 0.25) is 0 Å². The zero-order valence-corrected chi connectivity index (χ0v) is 12.7. The number of nitrogens with zero attached hydrogens (tertiary/aromatic N) is 1. The largest absolute Gasteiger partial charge is 0.301 e. The molecule has 2 aromatic heterocycles. The topological polar surface area (TPSA) is 45.8 Å². The molecule has 0 saturated heterocycles. The maximum Gasteiger partial charge on any atom is 0.260 e. The molecule has 0 radical (unpaired) electrons. The fraction of sp³-hybridized carbons (Fsp3) is 0.200. The van der Waals surface area contributed by atoms with Crippen LogP contribution in [-0.4, -0.2) is 9.97 Å². The standard InChI is InChI=1S/C15H14N2OS2/c1-2-11-8-12-13(18)16-15(17-14(12)20-11)19-9-10-6-4-3-5-7-10/h3-8H,2,9H2,1H3,(H,16,17,18). The number of H-pyrrole nitrogens is 1. The molecule has 0 fully saturated rings. The molecule has 0 spiro atoms. The highest BCUT2D eigenvalue weighted by Crippen LogP contribution is 2.25. The predicted octanol–water partition coefficient (Wildman–Crippen LogP) is 3.84. The van der Waals surface area contributed by atoms with E-state index in [-0.39, 0.29) is 5.56 Å². The zero-order chi connectivity index (χ0) is 13.9. The van der Waals surface area contributed by atoms with E-state index in [9.17, 15) is 4.79 Å². The lowest BCUT2D eigenvalue weighted by Crippen LogP contribution is -2.07. The molecule has 20 heavy (non-hydrogen) atoms. The van der Waals surface area contributed by atoms with Gasteiger partial charge in [-0.3, -0.25) is 4.79 Å². The highest BCUT2D eigenvalue weighted by molar-refractivity contribution is 7.98. The van der Waals surface area contributed by atoms with Crippen molar-refractivity contribution in [2.24, 2.45) is 0 Å². The first kappa shape index (κ1) is 13.4. The van der Waals surface area contributed by atoms with Crippen LogP contribution in [0.1, 0.15) is 17.4 Å². The highest BCUT2D eigenvalue weighted by atomic mass is 32.2. The molecule has 0 unspecified atom stereocenters. The van der Waals surface area contributed by atoms with E-state index < -0.39 is 0 Å². The van der Waals surface area contributed by atoms with Crippen molar-refractivity contribution < 1.29 is 0 Å². The zero-order valence-electron chi connectivity index (χ0n) is 11.1. The summed E-state index contributed by atoms with van der Waals surface area (Å²) in [6.45, 7) is 2.09. The number of fused-ring (bicyclic) bond motifs is 1. The Morgan fingerprint density at radius 3 is 2.85 bits per heavy atom. The summed E-state index contributed by atoms with van der Waals surface area (Å²) in [4.78, 5) is 21.5. The van der Waals surface area contributed by atoms with Crippen LogP contribution in [0.5, 0.6) is 0 Å². The van der Waals surface area contributed by atoms with E-state index in [0.29, 0.717) is 10.5 Å². The SMILES string of the molecule is CCc1cc2c(=O)[nH]c(SCc3ccccc3)nc2s1. The van der Waals surface area contributed by atoms with Gasteiger partial charge in [-0.2, -0.15) is 0 Å². The average molecular weight is 302 g/mol. The number of thiophene rings is 1. The van der Waals surface area contributed by atoms with Crippen molar-refractivity contribution in [1.82, 2.24) is 9.97 Å². The predicted molar refractivity (Wildman–Crippen MR) is 85.6 cm³/mol. The van der Waals surface area contributed by atoms with Crippen LogP contribution in [0, 0.1) is 0 Å². The van der Waals surface area contributed by atoms with Gasteiger partial charge in [0.15, 0.2) is 5.16 Å². The van der Waals surface area contributed by atoms with E-state index in [1.54, 1.807) is 23.1 Å². The number of hydrogen-bond donors (Lipinski definition) is 1. The van der Waals surface area contributed by atoms with Crippen LogP contribution >= 0.6 is 23.1 Å². The van der Waals surface area contributed by atoms with Crippen molar-refractivity contribution in [3.63, 3.8) is 0 Å². The van der Waals surface area contributed by atoms with Crippen molar-refractivity contribution in [2.75, 3.05) is 0 Å². The second-order valence-corrected chi connectivity index (χ2v) is 6.51. The number of aromatic nitrogens is 2. The monoisotopic (exact) mass is 302 g/mol. The first-order chi connectivity index (χ1) is 9.76. The smallest absolute Gasteiger partial charge is 0.260 e. The molecule has 1 aromatic carbocycles. The molecule has 3 rings (SSSR count). The van der Waals surface area contributed by atoms with Gasteiger partial charge in [0.25, 0.3) is 5.56 Å². The Hall–Kier alpha value is -1.59. The van der Waals surface area contributed by atoms with Crippen molar-refractivity contribution in [1.29, 1.82) is 0 Å². The van der Waals surface area contributed by atoms with E-state index >= 15 is 0 Å². The molecule has 0 saturated carbocycles. The summed E-state index contributed by atoms with van der Waals surface area (Å²) in [5.41, 5.74) is 1.18. The van der Waals surface area contributed by atoms with Crippen LogP contribution in [0.15, 0.2) is 46.3 Å². The maximum atomic E-state index is 12.0. The van der Waals surface area contributed by atoms with Gasteiger partial charge < -0.3 is 4.98 Å². The minimum atomic E-state index is -0.0403. The van der Waals surface area contributed by atoms with Crippen molar-refractivity contribution in [3.05, 3.63) is 57.2 Å². The van der Waals surface area contributed by atoms with Gasteiger partial charge in [-0.15, -0.1) is 11.3 Å². The Labute approximate surface area is 125 Å². The van der Waals surface area contributed by atoms with Crippen LogP contribution in [0.25, 0.3) is 10.2 Å². The van der Waals surface area contributed by atoms with E-state index in [0.717, 1.165) is 17.0 Å². The number of aromatic amines is 1. The quantitative estimate of drug-likeness (QED) is 0.588. The summed E-state index contributed by atoms with van der Waals surface area (Å²) in [6.07, 6.45) is 0.937. The summed E-state index contributed by atoms with van der Waals surface area (Å²) in [5, 5.41) is 1.40. The van der Waals surface area contributed by atoms with E-state index in [4.69, 9.17) is 0 Å². The second-order valence-electron chi connectivity index (χ2n) is 4.43. The van der Waals surface area contributed by atoms with Gasteiger partial charge in [-0.1, -0.05) is 49.0 Å². The fourth-order valence-corrected chi connectivity index (χ4v) is 3.77. The number of hydrogen-bond acceptors (Lipinski definition) is 4. The summed E-state index contributed by atoms with van der Waals surface area (Å²) >= 11 is 3.16. The van der Waals surface area contributed by atoms with Crippen molar-refractivity contribution in [3.8, 4) is 0 Å². The third kappa shape index (κ3) is 2.78. The molecule has 0 atom stereocenters. The molecule has 0 amide bonds. The fourth-order valence-electron chi connectivity index (χ4n) is 1.93. The molecule has 5 heteroatoms. The maximum absolute atomic E-state index is 12.0. The minimum absolute atomic E-state index is 0.0403. The lowest BCUT2D eigenvalue weighted by Gasteiger charge is -2.01. The Morgan fingerprint density at radius 2 is 2.10 bits per heavy atom. The van der Waals surface area contributed by atoms with Gasteiger partial charge in [0.05, 0.1) is 5.39 Å². The highest BCUT2D eigenvalue weighted by Gasteiger charge is 2.08. The normalized spacial score (nSPS) is 11.1. The van der Waals surface area contributed by atoms with Crippen molar-refractivity contribution in [2.45, 2.75) is 24.3 Å². The number of aryl methyl sites for hydroxylation is 1. The van der Waals surface area contributed by atoms with Crippen LogP contribution in [0.4, 0.5) is 0 Å². The summed E-state index contributed by atoms with van der Waals surface area (Å²) in [6, 6.07) is 12.1. The minimum Gasteiger partial charge on any atom is -0.301 e. The molecule has 0 aliphatic rings. The molecule has 2 heterocycles. The lowest BCUT2D eigenvalue weighted by molar-refractivity contribution is 0.979. The third-order valence-corrected chi connectivity index (χ3v) is 5.12.